The maximum atomic E-state index is 12.8. The van der Waals surface area contributed by atoms with Gasteiger partial charge >= 0.3 is 0 Å². The molecule has 1 unspecified atom stereocenters. The Morgan fingerprint density at radius 1 is 1.10 bits per heavy atom. The zero-order valence-electron chi connectivity index (χ0n) is 15.7. The van der Waals surface area contributed by atoms with Gasteiger partial charge < -0.3 is 5.32 Å². The standard InChI is InChI=1S/C20H17N7O3/c28-20(16-10-22-26(11-16)17-6-8-18(9-7-17)27(29)30)24-19(12-25-14-21-13-23-25)15-4-2-1-3-5-15/h1-11,13-14,19H,12H2,(H,24,28). The SMILES string of the molecule is O=C(NC(Cn1cncn1)c1ccccc1)c1cnn(-c2ccc([N+](=O)[O-])cc2)c1. The number of nitro benzene ring substituents is 1. The summed E-state index contributed by atoms with van der Waals surface area (Å²) < 4.78 is 3.14. The van der Waals surface area contributed by atoms with Gasteiger partial charge in [-0.05, 0) is 17.7 Å². The Balaban J connectivity index is 1.52. The fourth-order valence-electron chi connectivity index (χ4n) is 2.98. The molecule has 0 spiro atoms. The van der Waals surface area contributed by atoms with Gasteiger partial charge in [0.1, 0.15) is 12.7 Å². The van der Waals surface area contributed by atoms with Crippen LogP contribution < -0.4 is 5.32 Å². The highest BCUT2D eigenvalue weighted by Crippen LogP contribution is 2.17. The van der Waals surface area contributed by atoms with E-state index in [-0.39, 0.29) is 17.6 Å². The van der Waals surface area contributed by atoms with Crippen LogP contribution in [0.3, 0.4) is 0 Å². The molecule has 0 fully saturated rings. The van der Waals surface area contributed by atoms with Gasteiger partial charge in [-0.1, -0.05) is 30.3 Å². The summed E-state index contributed by atoms with van der Waals surface area (Å²) in [4.78, 5) is 27.1. The van der Waals surface area contributed by atoms with Crippen LogP contribution in [0.25, 0.3) is 5.69 Å². The smallest absolute Gasteiger partial charge is 0.269 e. The highest BCUT2D eigenvalue weighted by atomic mass is 16.6. The van der Waals surface area contributed by atoms with Crippen LogP contribution in [0.5, 0.6) is 0 Å². The molecule has 10 heteroatoms. The molecular formula is C20H17N7O3. The Hall–Kier alpha value is -4.34. The normalized spacial score (nSPS) is 11.7. The van der Waals surface area contributed by atoms with E-state index in [1.165, 1.54) is 29.3 Å². The lowest BCUT2D eigenvalue weighted by molar-refractivity contribution is -0.384. The third-order valence-electron chi connectivity index (χ3n) is 4.51. The van der Waals surface area contributed by atoms with E-state index < -0.39 is 4.92 Å². The number of amides is 1. The lowest BCUT2D eigenvalue weighted by Gasteiger charge is -2.18. The van der Waals surface area contributed by atoms with Gasteiger partial charge in [0, 0.05) is 18.3 Å². The monoisotopic (exact) mass is 403 g/mol. The summed E-state index contributed by atoms with van der Waals surface area (Å²) in [7, 11) is 0. The van der Waals surface area contributed by atoms with Crippen molar-refractivity contribution in [3.05, 3.63) is 101 Å². The Kier molecular flexibility index (Phi) is 5.29. The number of nitrogens with zero attached hydrogens (tertiary/aromatic N) is 6. The average Bonchev–Trinajstić information content (AvgIpc) is 3.46. The molecule has 0 aliphatic rings. The first-order valence-electron chi connectivity index (χ1n) is 9.08. The van der Waals surface area contributed by atoms with Gasteiger partial charge in [-0.15, -0.1) is 0 Å². The van der Waals surface area contributed by atoms with Crippen molar-refractivity contribution in [3.8, 4) is 5.69 Å². The summed E-state index contributed by atoms with van der Waals surface area (Å²) in [5.74, 6) is -0.294. The second kappa shape index (κ2) is 8.35. The van der Waals surface area contributed by atoms with Crippen molar-refractivity contribution in [2.75, 3.05) is 0 Å². The highest BCUT2D eigenvalue weighted by molar-refractivity contribution is 5.94. The summed E-state index contributed by atoms with van der Waals surface area (Å²) in [5, 5.41) is 22.1. The number of aromatic nitrogens is 5. The van der Waals surface area contributed by atoms with Crippen molar-refractivity contribution in [1.82, 2.24) is 29.9 Å². The number of carbonyl (C=O) groups excluding carboxylic acids is 1. The second-order valence-corrected chi connectivity index (χ2v) is 6.50. The predicted molar refractivity (Wildman–Crippen MR) is 107 cm³/mol. The topological polar surface area (TPSA) is 121 Å². The minimum absolute atomic E-state index is 0.0114. The molecule has 2 aromatic carbocycles. The van der Waals surface area contributed by atoms with Crippen molar-refractivity contribution >= 4 is 11.6 Å². The van der Waals surface area contributed by atoms with Crippen molar-refractivity contribution in [2.24, 2.45) is 0 Å². The molecule has 0 bridgehead atoms. The average molecular weight is 403 g/mol. The minimum atomic E-state index is -0.468. The second-order valence-electron chi connectivity index (χ2n) is 6.50. The van der Waals surface area contributed by atoms with E-state index in [0.29, 0.717) is 17.8 Å². The van der Waals surface area contributed by atoms with E-state index in [9.17, 15) is 14.9 Å². The van der Waals surface area contributed by atoms with E-state index in [4.69, 9.17) is 0 Å². The Morgan fingerprint density at radius 3 is 2.53 bits per heavy atom. The predicted octanol–water partition coefficient (Wildman–Crippen LogP) is 2.54. The van der Waals surface area contributed by atoms with E-state index in [0.717, 1.165) is 5.56 Å². The Labute approximate surface area is 170 Å². The van der Waals surface area contributed by atoms with Crippen LogP contribution in [-0.2, 0) is 6.54 Å². The van der Waals surface area contributed by atoms with Crippen LogP contribution in [0.2, 0.25) is 0 Å². The summed E-state index contributed by atoms with van der Waals surface area (Å²) in [5.41, 5.74) is 1.90. The van der Waals surface area contributed by atoms with Crippen LogP contribution in [0, 0.1) is 10.1 Å². The zero-order chi connectivity index (χ0) is 20.9. The van der Waals surface area contributed by atoms with Crippen LogP contribution in [-0.4, -0.2) is 35.4 Å². The fourth-order valence-corrected chi connectivity index (χ4v) is 2.98. The Bertz CT molecular complexity index is 1140. The molecule has 0 aliphatic carbocycles. The summed E-state index contributed by atoms with van der Waals surface area (Å²) in [6.45, 7) is 0.423. The molecule has 0 radical (unpaired) electrons. The number of hydrogen-bond donors (Lipinski definition) is 1. The van der Waals surface area contributed by atoms with Gasteiger partial charge in [0.15, 0.2) is 0 Å². The van der Waals surface area contributed by atoms with Gasteiger partial charge in [-0.25, -0.2) is 9.67 Å². The van der Waals surface area contributed by atoms with Crippen LogP contribution in [0.1, 0.15) is 22.0 Å². The van der Waals surface area contributed by atoms with Crippen molar-refractivity contribution in [2.45, 2.75) is 12.6 Å². The molecule has 4 aromatic rings. The summed E-state index contributed by atoms with van der Waals surface area (Å²) >= 11 is 0. The van der Waals surface area contributed by atoms with Gasteiger partial charge in [-0.3, -0.25) is 19.6 Å². The largest absolute Gasteiger partial charge is 0.343 e. The molecule has 30 heavy (non-hydrogen) atoms. The summed E-state index contributed by atoms with van der Waals surface area (Å²) in [6.07, 6.45) is 6.06. The maximum Gasteiger partial charge on any atom is 0.269 e. The lowest BCUT2D eigenvalue weighted by atomic mass is 10.1. The number of carbonyl (C=O) groups is 1. The quantitative estimate of drug-likeness (QED) is 0.374. The van der Waals surface area contributed by atoms with Gasteiger partial charge in [0.2, 0.25) is 0 Å². The molecule has 0 saturated heterocycles. The molecule has 1 atom stereocenters. The van der Waals surface area contributed by atoms with Crippen molar-refractivity contribution in [1.29, 1.82) is 0 Å². The third-order valence-corrected chi connectivity index (χ3v) is 4.51. The molecule has 150 valence electrons. The van der Waals surface area contributed by atoms with E-state index in [1.807, 2.05) is 30.3 Å². The van der Waals surface area contributed by atoms with Gasteiger partial charge in [-0.2, -0.15) is 10.2 Å². The maximum absolute atomic E-state index is 12.8. The first-order valence-corrected chi connectivity index (χ1v) is 9.08. The lowest BCUT2D eigenvalue weighted by Crippen LogP contribution is -2.31. The zero-order valence-corrected chi connectivity index (χ0v) is 15.7. The molecule has 4 rings (SSSR count). The number of nitrogens with one attached hydrogen (secondary N) is 1. The van der Waals surface area contributed by atoms with Crippen LogP contribution >= 0.6 is 0 Å². The molecule has 2 heterocycles. The highest BCUT2D eigenvalue weighted by Gasteiger charge is 2.18. The number of rotatable bonds is 7. The van der Waals surface area contributed by atoms with Crippen molar-refractivity contribution < 1.29 is 9.72 Å². The number of nitro groups is 1. The minimum Gasteiger partial charge on any atom is -0.343 e. The van der Waals surface area contributed by atoms with E-state index in [2.05, 4.69) is 20.5 Å². The molecule has 1 amide bonds. The molecule has 0 aliphatic heterocycles. The van der Waals surface area contributed by atoms with Crippen LogP contribution in [0.15, 0.2) is 79.6 Å². The fraction of sp³-hybridized carbons (Fsp3) is 0.100. The number of hydrogen-bond acceptors (Lipinski definition) is 6. The number of non-ortho nitro benzene ring substituents is 1. The molecule has 10 nitrogen and oxygen atoms in total. The van der Waals surface area contributed by atoms with Gasteiger partial charge in [0.25, 0.3) is 11.6 Å². The van der Waals surface area contributed by atoms with E-state index in [1.54, 1.807) is 29.3 Å². The summed E-state index contributed by atoms with van der Waals surface area (Å²) in [6, 6.07) is 15.2. The first-order chi connectivity index (χ1) is 14.6. The first kappa shape index (κ1) is 19.0. The van der Waals surface area contributed by atoms with Gasteiger partial charge in [0.05, 0.1) is 35.0 Å². The molecule has 1 N–H and O–H groups in total. The third kappa shape index (κ3) is 4.22. The van der Waals surface area contributed by atoms with Crippen molar-refractivity contribution in [3.63, 3.8) is 0 Å². The Morgan fingerprint density at radius 2 is 1.87 bits per heavy atom. The molecular weight excluding hydrogens is 386 g/mol. The molecule has 0 saturated carbocycles. The number of benzene rings is 2. The van der Waals surface area contributed by atoms with E-state index >= 15 is 0 Å². The molecule has 2 aromatic heterocycles. The van der Waals surface area contributed by atoms with Crippen LogP contribution in [0.4, 0.5) is 5.69 Å².